The van der Waals surface area contributed by atoms with Crippen LogP contribution in [0.15, 0.2) is 30.3 Å². The van der Waals surface area contributed by atoms with Crippen molar-refractivity contribution < 1.29 is 0 Å². The molecule has 1 aromatic carbocycles. The van der Waals surface area contributed by atoms with Gasteiger partial charge in [0, 0.05) is 17.1 Å². The first kappa shape index (κ1) is 11.2. The Morgan fingerprint density at radius 1 is 1.00 bits per heavy atom. The lowest BCUT2D eigenvalue weighted by molar-refractivity contribution is 0.658. The Hall–Kier alpha value is -1.90. The van der Waals surface area contributed by atoms with Crippen LogP contribution in [0.1, 0.15) is 29.8 Å². The number of hydrogen-bond acceptors (Lipinski definition) is 3. The maximum absolute atomic E-state index is 4.65. The molecule has 3 rings (SSSR count). The minimum Gasteiger partial charge on any atom is -0.324 e. The molecule has 2 aromatic rings. The summed E-state index contributed by atoms with van der Waals surface area (Å²) >= 11 is 0. The third kappa shape index (κ3) is 2.21. The number of rotatable bonds is 2. The maximum atomic E-state index is 4.65. The number of hydrogen-bond donors (Lipinski definition) is 1. The highest BCUT2D eigenvalue weighted by Gasteiger charge is 2.15. The Morgan fingerprint density at radius 3 is 2.61 bits per heavy atom. The SMILES string of the molecule is Cc1nc(Nc2ccccc2)nc2c1CCCC2. The predicted molar refractivity (Wildman–Crippen MR) is 73.1 cm³/mol. The number of nitrogens with one attached hydrogen (secondary N) is 1. The van der Waals surface area contributed by atoms with Crippen LogP contribution in [0.5, 0.6) is 0 Å². The fourth-order valence-electron chi connectivity index (χ4n) is 2.49. The maximum Gasteiger partial charge on any atom is 0.227 e. The van der Waals surface area contributed by atoms with Crippen LogP contribution in [-0.4, -0.2) is 9.97 Å². The molecule has 1 aromatic heterocycles. The van der Waals surface area contributed by atoms with E-state index in [1.165, 1.54) is 24.1 Å². The summed E-state index contributed by atoms with van der Waals surface area (Å²) in [5, 5.41) is 3.27. The summed E-state index contributed by atoms with van der Waals surface area (Å²) in [6.07, 6.45) is 4.73. The average molecular weight is 239 g/mol. The summed E-state index contributed by atoms with van der Waals surface area (Å²) in [4.78, 5) is 9.21. The van der Waals surface area contributed by atoms with E-state index in [-0.39, 0.29) is 0 Å². The number of anilines is 2. The van der Waals surface area contributed by atoms with Crippen molar-refractivity contribution in [1.82, 2.24) is 9.97 Å². The van der Waals surface area contributed by atoms with E-state index in [0.717, 1.165) is 30.2 Å². The van der Waals surface area contributed by atoms with Crippen LogP contribution in [0.25, 0.3) is 0 Å². The van der Waals surface area contributed by atoms with E-state index in [1.54, 1.807) is 0 Å². The Bertz CT molecular complexity index is 549. The fourth-order valence-corrected chi connectivity index (χ4v) is 2.49. The van der Waals surface area contributed by atoms with Crippen LogP contribution in [0.2, 0.25) is 0 Å². The zero-order valence-electron chi connectivity index (χ0n) is 10.6. The Kier molecular flexibility index (Phi) is 2.97. The van der Waals surface area contributed by atoms with Crippen molar-refractivity contribution >= 4 is 11.6 Å². The molecule has 0 radical (unpaired) electrons. The van der Waals surface area contributed by atoms with Crippen molar-refractivity contribution in [3.8, 4) is 0 Å². The number of aryl methyl sites for hydroxylation is 2. The molecule has 0 atom stereocenters. The first-order chi connectivity index (χ1) is 8.83. The van der Waals surface area contributed by atoms with Crippen molar-refractivity contribution in [1.29, 1.82) is 0 Å². The highest BCUT2D eigenvalue weighted by atomic mass is 15.1. The molecule has 92 valence electrons. The lowest BCUT2D eigenvalue weighted by Crippen LogP contribution is -2.11. The molecule has 0 saturated heterocycles. The quantitative estimate of drug-likeness (QED) is 0.872. The van der Waals surface area contributed by atoms with Crippen LogP contribution in [0.3, 0.4) is 0 Å². The topological polar surface area (TPSA) is 37.8 Å². The van der Waals surface area contributed by atoms with E-state index in [0.29, 0.717) is 0 Å². The van der Waals surface area contributed by atoms with Gasteiger partial charge in [0.15, 0.2) is 0 Å². The van der Waals surface area contributed by atoms with Crippen molar-refractivity contribution in [3.05, 3.63) is 47.3 Å². The molecule has 0 amide bonds. The third-order valence-electron chi connectivity index (χ3n) is 3.42. The van der Waals surface area contributed by atoms with E-state index >= 15 is 0 Å². The molecule has 18 heavy (non-hydrogen) atoms. The van der Waals surface area contributed by atoms with Crippen molar-refractivity contribution in [2.75, 3.05) is 5.32 Å². The second kappa shape index (κ2) is 4.77. The largest absolute Gasteiger partial charge is 0.324 e. The first-order valence-corrected chi connectivity index (χ1v) is 6.51. The normalized spacial score (nSPS) is 14.1. The summed E-state index contributed by atoms with van der Waals surface area (Å²) in [5.74, 6) is 0.722. The molecule has 0 bridgehead atoms. The van der Waals surface area contributed by atoms with Gasteiger partial charge in [0.05, 0.1) is 0 Å². The zero-order chi connectivity index (χ0) is 12.4. The summed E-state index contributed by atoms with van der Waals surface area (Å²) < 4.78 is 0. The van der Waals surface area contributed by atoms with Gasteiger partial charge in [-0.2, -0.15) is 0 Å². The average Bonchev–Trinajstić information content (AvgIpc) is 2.40. The van der Waals surface area contributed by atoms with E-state index in [9.17, 15) is 0 Å². The van der Waals surface area contributed by atoms with Crippen molar-refractivity contribution in [2.24, 2.45) is 0 Å². The smallest absolute Gasteiger partial charge is 0.227 e. The minimum atomic E-state index is 0.722. The van der Waals surface area contributed by atoms with Crippen LogP contribution in [0.4, 0.5) is 11.6 Å². The Balaban J connectivity index is 1.91. The fraction of sp³-hybridized carbons (Fsp3) is 0.333. The summed E-state index contributed by atoms with van der Waals surface area (Å²) in [5.41, 5.74) is 4.75. The summed E-state index contributed by atoms with van der Waals surface area (Å²) in [6.45, 7) is 2.09. The monoisotopic (exact) mass is 239 g/mol. The molecular formula is C15H17N3. The molecule has 0 fully saturated rings. The van der Waals surface area contributed by atoms with Gasteiger partial charge in [-0.3, -0.25) is 0 Å². The molecule has 3 nitrogen and oxygen atoms in total. The third-order valence-corrected chi connectivity index (χ3v) is 3.42. The molecule has 1 N–H and O–H groups in total. The molecule has 0 spiro atoms. The highest BCUT2D eigenvalue weighted by molar-refractivity contribution is 5.53. The van der Waals surface area contributed by atoms with Crippen LogP contribution in [0, 0.1) is 6.92 Å². The lowest BCUT2D eigenvalue weighted by atomic mass is 9.95. The highest BCUT2D eigenvalue weighted by Crippen LogP contribution is 2.23. The number of nitrogens with zero attached hydrogens (tertiary/aromatic N) is 2. The van der Waals surface area contributed by atoms with Gasteiger partial charge >= 0.3 is 0 Å². The predicted octanol–water partition coefficient (Wildman–Crippen LogP) is 3.41. The van der Waals surface area contributed by atoms with E-state index in [4.69, 9.17) is 0 Å². The van der Waals surface area contributed by atoms with E-state index in [2.05, 4.69) is 22.2 Å². The van der Waals surface area contributed by atoms with Crippen molar-refractivity contribution in [2.45, 2.75) is 32.6 Å². The molecule has 1 aliphatic carbocycles. The summed E-state index contributed by atoms with van der Waals surface area (Å²) in [6, 6.07) is 10.1. The van der Waals surface area contributed by atoms with Gasteiger partial charge in [0.1, 0.15) is 0 Å². The second-order valence-corrected chi connectivity index (χ2v) is 4.76. The number of para-hydroxylation sites is 1. The Morgan fingerprint density at radius 2 is 1.78 bits per heavy atom. The van der Waals surface area contributed by atoms with Gasteiger partial charge < -0.3 is 5.32 Å². The zero-order valence-corrected chi connectivity index (χ0v) is 10.6. The van der Waals surface area contributed by atoms with E-state index < -0.39 is 0 Å². The van der Waals surface area contributed by atoms with Gasteiger partial charge in [0.2, 0.25) is 5.95 Å². The van der Waals surface area contributed by atoms with E-state index in [1.807, 2.05) is 30.3 Å². The lowest BCUT2D eigenvalue weighted by Gasteiger charge is -2.17. The second-order valence-electron chi connectivity index (χ2n) is 4.76. The molecule has 1 aliphatic rings. The molecule has 1 heterocycles. The van der Waals surface area contributed by atoms with Crippen LogP contribution >= 0.6 is 0 Å². The molecule has 0 unspecified atom stereocenters. The minimum absolute atomic E-state index is 0.722. The first-order valence-electron chi connectivity index (χ1n) is 6.51. The van der Waals surface area contributed by atoms with Gasteiger partial charge in [-0.15, -0.1) is 0 Å². The summed E-state index contributed by atoms with van der Waals surface area (Å²) in [7, 11) is 0. The standard InChI is InChI=1S/C15H17N3/c1-11-13-9-5-6-10-14(13)18-15(16-11)17-12-7-3-2-4-8-12/h2-4,7-8H,5-6,9-10H2,1H3,(H,16,17,18). The number of benzene rings is 1. The number of aromatic nitrogens is 2. The molecule has 0 aliphatic heterocycles. The molecule has 3 heteroatoms. The van der Waals surface area contributed by atoms with Gasteiger partial charge in [-0.25, -0.2) is 9.97 Å². The number of fused-ring (bicyclic) bond motifs is 1. The van der Waals surface area contributed by atoms with Crippen molar-refractivity contribution in [3.63, 3.8) is 0 Å². The molecular weight excluding hydrogens is 222 g/mol. The van der Waals surface area contributed by atoms with Crippen LogP contribution < -0.4 is 5.32 Å². The van der Waals surface area contributed by atoms with Gasteiger partial charge in [-0.1, -0.05) is 18.2 Å². The van der Waals surface area contributed by atoms with Crippen LogP contribution in [-0.2, 0) is 12.8 Å². The Labute approximate surface area is 107 Å². The molecule has 0 saturated carbocycles. The van der Waals surface area contributed by atoms with Gasteiger partial charge in [-0.05, 0) is 50.3 Å². The van der Waals surface area contributed by atoms with Gasteiger partial charge in [0.25, 0.3) is 0 Å².